The van der Waals surface area contributed by atoms with Crippen LogP contribution in [-0.4, -0.2) is 34.2 Å². The zero-order valence-electron chi connectivity index (χ0n) is 20.3. The zero-order valence-corrected chi connectivity index (χ0v) is 22.7. The maximum Gasteiger partial charge on any atom is 0.266 e. The first kappa shape index (κ1) is 26.7. The third kappa shape index (κ3) is 6.71. The molecule has 1 N–H and O–H groups in total. The second-order valence-corrected chi connectivity index (χ2v) is 10.2. The highest BCUT2D eigenvalue weighted by atomic mass is 35.5. The number of thiocarbonyl (C=S) groups is 1. The van der Waals surface area contributed by atoms with E-state index in [9.17, 15) is 9.59 Å². The zero-order chi connectivity index (χ0) is 26.4. The van der Waals surface area contributed by atoms with Crippen LogP contribution in [0, 0.1) is 6.92 Å². The third-order valence-electron chi connectivity index (χ3n) is 5.52. The van der Waals surface area contributed by atoms with E-state index in [0.29, 0.717) is 44.6 Å². The van der Waals surface area contributed by atoms with Gasteiger partial charge in [0.25, 0.3) is 11.8 Å². The summed E-state index contributed by atoms with van der Waals surface area (Å²) in [7, 11) is 0. The van der Waals surface area contributed by atoms with E-state index in [2.05, 4.69) is 5.32 Å². The summed E-state index contributed by atoms with van der Waals surface area (Å²) >= 11 is 12.9. The lowest BCUT2D eigenvalue weighted by molar-refractivity contribution is -0.122. The fourth-order valence-electron chi connectivity index (χ4n) is 3.63. The molecule has 0 aromatic heterocycles. The predicted molar refractivity (Wildman–Crippen MR) is 153 cm³/mol. The Kier molecular flexibility index (Phi) is 8.87. The van der Waals surface area contributed by atoms with Gasteiger partial charge in [0.2, 0.25) is 0 Å². The number of benzene rings is 3. The Morgan fingerprint density at radius 1 is 1.08 bits per heavy atom. The van der Waals surface area contributed by atoms with Crippen LogP contribution >= 0.6 is 35.6 Å². The third-order valence-corrected chi connectivity index (χ3v) is 7.31. The first-order chi connectivity index (χ1) is 17.9. The van der Waals surface area contributed by atoms with Gasteiger partial charge in [-0.2, -0.15) is 0 Å². The molecular weight excluding hydrogens is 528 g/mol. The lowest BCUT2D eigenvalue weighted by atomic mass is 10.1. The van der Waals surface area contributed by atoms with Gasteiger partial charge >= 0.3 is 0 Å². The van der Waals surface area contributed by atoms with E-state index in [-0.39, 0.29) is 18.4 Å². The minimum Gasteiger partial charge on any atom is -0.490 e. The van der Waals surface area contributed by atoms with Crippen LogP contribution < -0.4 is 14.8 Å². The molecule has 1 heterocycles. The molecule has 3 aromatic rings. The van der Waals surface area contributed by atoms with Crippen LogP contribution in [0.3, 0.4) is 0 Å². The van der Waals surface area contributed by atoms with E-state index in [1.165, 1.54) is 11.8 Å². The highest BCUT2D eigenvalue weighted by molar-refractivity contribution is 8.26. The van der Waals surface area contributed by atoms with Crippen molar-refractivity contribution in [3.05, 3.63) is 93.3 Å². The van der Waals surface area contributed by atoms with E-state index in [1.54, 1.807) is 47.4 Å². The number of hydrogen-bond donors (Lipinski definition) is 1. The molecule has 0 bridgehead atoms. The minimum absolute atomic E-state index is 0.134. The van der Waals surface area contributed by atoms with Crippen LogP contribution in [-0.2, 0) is 16.1 Å². The number of carbonyl (C=O) groups is 2. The maximum atomic E-state index is 13.0. The second kappa shape index (κ2) is 12.3. The molecule has 1 aliphatic rings. The minimum atomic E-state index is -0.320. The van der Waals surface area contributed by atoms with E-state index in [0.717, 1.165) is 16.7 Å². The summed E-state index contributed by atoms with van der Waals surface area (Å²) in [6, 6.07) is 20.4. The van der Waals surface area contributed by atoms with Crippen LogP contribution in [0.2, 0.25) is 5.02 Å². The molecule has 9 heteroatoms. The monoisotopic (exact) mass is 552 g/mol. The summed E-state index contributed by atoms with van der Waals surface area (Å²) in [6.45, 7) is 4.33. The number of anilines is 1. The Bertz CT molecular complexity index is 1360. The number of nitrogens with one attached hydrogen (secondary N) is 1. The van der Waals surface area contributed by atoms with Crippen molar-refractivity contribution in [3.63, 3.8) is 0 Å². The average Bonchev–Trinajstić information content (AvgIpc) is 3.14. The Balaban J connectivity index is 1.45. The fourth-order valence-corrected chi connectivity index (χ4v) is 5.06. The van der Waals surface area contributed by atoms with Crippen molar-refractivity contribution < 1.29 is 19.1 Å². The molecule has 6 nitrogen and oxygen atoms in total. The van der Waals surface area contributed by atoms with Crippen molar-refractivity contribution in [2.24, 2.45) is 0 Å². The van der Waals surface area contributed by atoms with Gasteiger partial charge in [0.1, 0.15) is 4.32 Å². The Labute approximate surface area is 230 Å². The van der Waals surface area contributed by atoms with Crippen LogP contribution in [0.4, 0.5) is 5.69 Å². The van der Waals surface area contributed by atoms with Crippen LogP contribution in [0.15, 0.2) is 71.6 Å². The van der Waals surface area contributed by atoms with E-state index >= 15 is 0 Å². The molecule has 190 valence electrons. The number of carbonyl (C=O) groups excluding carboxylic acids is 2. The molecule has 2 amide bonds. The molecule has 0 radical (unpaired) electrons. The van der Waals surface area contributed by atoms with Crippen LogP contribution in [0.1, 0.15) is 23.6 Å². The number of hydrogen-bond acceptors (Lipinski definition) is 6. The summed E-state index contributed by atoms with van der Waals surface area (Å²) < 4.78 is 12.0. The van der Waals surface area contributed by atoms with Crippen LogP contribution in [0.5, 0.6) is 11.5 Å². The largest absolute Gasteiger partial charge is 0.490 e. The van der Waals surface area contributed by atoms with Gasteiger partial charge in [0, 0.05) is 10.7 Å². The number of nitrogens with zero attached hydrogens (tertiary/aromatic N) is 1. The van der Waals surface area contributed by atoms with Gasteiger partial charge in [-0.15, -0.1) is 0 Å². The topological polar surface area (TPSA) is 67.9 Å². The Morgan fingerprint density at radius 3 is 2.62 bits per heavy atom. The standard InChI is InChI=1S/C28H25ClN2O4S2/c1-3-34-24-14-20(15-25-27(33)31(28(36)37-25)16-19-8-5-4-6-9-19)12-13-23(24)35-17-26(32)30-22-11-7-10-21(29)18(22)2/h4-15H,3,16-17H2,1-2H3,(H,30,32)/b25-15-. The molecule has 1 fully saturated rings. The molecule has 0 spiro atoms. The van der Waals surface area contributed by atoms with Crippen molar-refractivity contribution in [2.75, 3.05) is 18.5 Å². The average molecular weight is 553 g/mol. The van der Waals surface area contributed by atoms with Crippen LogP contribution in [0.25, 0.3) is 6.08 Å². The molecule has 1 aliphatic heterocycles. The predicted octanol–water partition coefficient (Wildman–Crippen LogP) is 6.47. The molecule has 1 saturated heterocycles. The molecule has 0 aliphatic carbocycles. The van der Waals surface area contributed by atoms with E-state index in [1.807, 2.05) is 44.2 Å². The summed E-state index contributed by atoms with van der Waals surface area (Å²) in [5.41, 5.74) is 3.18. The van der Waals surface area contributed by atoms with Crippen molar-refractivity contribution in [2.45, 2.75) is 20.4 Å². The van der Waals surface area contributed by atoms with Gasteiger partial charge in [-0.05, 0) is 60.9 Å². The van der Waals surface area contributed by atoms with Gasteiger partial charge in [-0.1, -0.05) is 78.0 Å². The van der Waals surface area contributed by atoms with Gasteiger partial charge < -0.3 is 14.8 Å². The number of ether oxygens (including phenoxy) is 2. The lowest BCUT2D eigenvalue weighted by Gasteiger charge is -2.14. The summed E-state index contributed by atoms with van der Waals surface area (Å²) in [5.74, 6) is 0.445. The first-order valence-corrected chi connectivity index (χ1v) is 13.2. The number of halogens is 1. The van der Waals surface area contributed by atoms with E-state index in [4.69, 9.17) is 33.3 Å². The van der Waals surface area contributed by atoms with Crippen molar-refractivity contribution >= 4 is 63.5 Å². The van der Waals surface area contributed by atoms with Gasteiger partial charge in [0.15, 0.2) is 18.1 Å². The highest BCUT2D eigenvalue weighted by Gasteiger charge is 2.32. The lowest BCUT2D eigenvalue weighted by Crippen LogP contribution is -2.27. The number of amides is 2. The van der Waals surface area contributed by atoms with Crippen molar-refractivity contribution in [1.82, 2.24) is 4.90 Å². The molecular formula is C28H25ClN2O4S2. The maximum absolute atomic E-state index is 13.0. The Hall–Kier alpha value is -3.33. The quantitative estimate of drug-likeness (QED) is 0.242. The fraction of sp³-hybridized carbons (Fsp3) is 0.179. The summed E-state index contributed by atoms with van der Waals surface area (Å²) in [4.78, 5) is 27.6. The second-order valence-electron chi connectivity index (χ2n) is 8.14. The molecule has 3 aromatic carbocycles. The molecule has 4 rings (SSSR count). The highest BCUT2D eigenvalue weighted by Crippen LogP contribution is 2.35. The number of thioether (sulfide) groups is 1. The molecule has 0 saturated carbocycles. The normalized spacial score (nSPS) is 14.2. The van der Waals surface area contributed by atoms with Crippen molar-refractivity contribution in [1.29, 1.82) is 0 Å². The van der Waals surface area contributed by atoms with Crippen molar-refractivity contribution in [3.8, 4) is 11.5 Å². The summed E-state index contributed by atoms with van der Waals surface area (Å²) in [5, 5.41) is 3.38. The molecule has 0 atom stereocenters. The Morgan fingerprint density at radius 2 is 1.86 bits per heavy atom. The van der Waals surface area contributed by atoms with E-state index < -0.39 is 0 Å². The summed E-state index contributed by atoms with van der Waals surface area (Å²) in [6.07, 6.45) is 1.78. The molecule has 37 heavy (non-hydrogen) atoms. The first-order valence-electron chi connectivity index (χ1n) is 11.6. The molecule has 0 unspecified atom stereocenters. The number of rotatable bonds is 9. The van der Waals surface area contributed by atoms with Gasteiger partial charge in [-0.25, -0.2) is 0 Å². The SMILES string of the molecule is CCOc1cc(/C=C2\SC(=S)N(Cc3ccccc3)C2=O)ccc1OCC(=O)Nc1cccc(Cl)c1C. The van der Waals surface area contributed by atoms with Gasteiger partial charge in [-0.3, -0.25) is 14.5 Å². The smallest absolute Gasteiger partial charge is 0.266 e. The van der Waals surface area contributed by atoms with Gasteiger partial charge in [0.05, 0.1) is 18.1 Å².